The number of esters is 1. The number of ether oxygens (including phenoxy) is 1. The number of hydrogen-bond acceptors (Lipinski definition) is 4. The van der Waals surface area contributed by atoms with E-state index in [4.69, 9.17) is 9.84 Å². The standard InChI is InChI=1S/C8H10O3S/c1-2-11-8(10)7-5-12-4-6(7)3-9/h4-5,9H,2-3H2,1H3. The van der Waals surface area contributed by atoms with Crippen LogP contribution in [-0.2, 0) is 11.3 Å². The molecule has 0 amide bonds. The van der Waals surface area contributed by atoms with E-state index in [9.17, 15) is 4.79 Å². The van der Waals surface area contributed by atoms with Gasteiger partial charge in [-0.1, -0.05) is 0 Å². The third-order valence-corrected chi connectivity index (χ3v) is 2.20. The maximum absolute atomic E-state index is 11.2. The molecule has 0 atom stereocenters. The summed E-state index contributed by atoms with van der Waals surface area (Å²) < 4.78 is 4.79. The molecule has 12 heavy (non-hydrogen) atoms. The largest absolute Gasteiger partial charge is 0.462 e. The molecule has 4 heteroatoms. The van der Waals surface area contributed by atoms with E-state index in [1.807, 2.05) is 0 Å². The summed E-state index contributed by atoms with van der Waals surface area (Å²) in [7, 11) is 0. The van der Waals surface area contributed by atoms with Crippen LogP contribution in [0, 0.1) is 0 Å². The van der Waals surface area contributed by atoms with Crippen molar-refractivity contribution in [2.75, 3.05) is 6.61 Å². The summed E-state index contributed by atoms with van der Waals surface area (Å²) in [6, 6.07) is 0. The first-order valence-electron chi connectivity index (χ1n) is 3.62. The second-order valence-electron chi connectivity index (χ2n) is 2.19. The van der Waals surface area contributed by atoms with Crippen LogP contribution < -0.4 is 0 Å². The van der Waals surface area contributed by atoms with Gasteiger partial charge in [0.05, 0.1) is 18.8 Å². The van der Waals surface area contributed by atoms with Gasteiger partial charge in [0.25, 0.3) is 0 Å². The average molecular weight is 186 g/mol. The monoisotopic (exact) mass is 186 g/mol. The summed E-state index contributed by atoms with van der Waals surface area (Å²) in [5.74, 6) is -0.359. The van der Waals surface area contributed by atoms with Crippen LogP contribution in [0.3, 0.4) is 0 Å². The fourth-order valence-electron chi connectivity index (χ4n) is 0.834. The molecular formula is C8H10O3S. The van der Waals surface area contributed by atoms with E-state index in [1.165, 1.54) is 11.3 Å². The fraction of sp³-hybridized carbons (Fsp3) is 0.375. The molecule has 0 bridgehead atoms. The zero-order valence-corrected chi connectivity index (χ0v) is 7.56. The molecule has 1 heterocycles. The van der Waals surface area contributed by atoms with Crippen LogP contribution in [0.2, 0.25) is 0 Å². The lowest BCUT2D eigenvalue weighted by atomic mass is 10.2. The van der Waals surface area contributed by atoms with E-state index >= 15 is 0 Å². The molecule has 0 aromatic carbocycles. The van der Waals surface area contributed by atoms with Crippen LogP contribution in [0.4, 0.5) is 0 Å². The first-order valence-corrected chi connectivity index (χ1v) is 4.57. The van der Waals surface area contributed by atoms with Gasteiger partial charge in [-0.2, -0.15) is 11.3 Å². The van der Waals surface area contributed by atoms with Crippen LogP contribution in [0.15, 0.2) is 10.8 Å². The van der Waals surface area contributed by atoms with Gasteiger partial charge in [-0.25, -0.2) is 4.79 Å². The smallest absolute Gasteiger partial charge is 0.339 e. The lowest BCUT2D eigenvalue weighted by Crippen LogP contribution is -2.05. The number of rotatable bonds is 3. The summed E-state index contributed by atoms with van der Waals surface area (Å²) >= 11 is 1.38. The Morgan fingerprint density at radius 3 is 3.00 bits per heavy atom. The van der Waals surface area contributed by atoms with E-state index in [-0.39, 0.29) is 12.6 Å². The predicted octanol–water partition coefficient (Wildman–Crippen LogP) is 1.42. The molecule has 0 saturated heterocycles. The third kappa shape index (κ3) is 1.84. The Bertz CT molecular complexity index is 267. The molecule has 1 aromatic rings. The zero-order chi connectivity index (χ0) is 8.97. The number of hydrogen-bond donors (Lipinski definition) is 1. The van der Waals surface area contributed by atoms with Crippen LogP contribution in [0.5, 0.6) is 0 Å². The van der Waals surface area contributed by atoms with Gasteiger partial charge in [-0.15, -0.1) is 0 Å². The minimum absolute atomic E-state index is 0.113. The molecule has 1 rings (SSSR count). The van der Waals surface area contributed by atoms with Crippen molar-refractivity contribution in [1.82, 2.24) is 0 Å². The number of aliphatic hydroxyl groups is 1. The van der Waals surface area contributed by atoms with E-state index in [0.717, 1.165) is 0 Å². The minimum Gasteiger partial charge on any atom is -0.462 e. The maximum atomic E-state index is 11.2. The second-order valence-corrected chi connectivity index (χ2v) is 2.93. The summed E-state index contributed by atoms with van der Waals surface area (Å²) in [4.78, 5) is 11.2. The molecule has 66 valence electrons. The van der Waals surface area contributed by atoms with Crippen molar-refractivity contribution in [3.8, 4) is 0 Å². The Labute approximate surface area is 74.6 Å². The third-order valence-electron chi connectivity index (χ3n) is 1.41. The van der Waals surface area contributed by atoms with Gasteiger partial charge in [0, 0.05) is 10.9 Å². The van der Waals surface area contributed by atoms with Crippen LogP contribution in [0.25, 0.3) is 0 Å². The van der Waals surface area contributed by atoms with Gasteiger partial charge in [-0.05, 0) is 12.3 Å². The Balaban J connectivity index is 2.79. The highest BCUT2D eigenvalue weighted by Gasteiger charge is 2.11. The molecule has 1 N–H and O–H groups in total. The van der Waals surface area contributed by atoms with Gasteiger partial charge < -0.3 is 9.84 Å². The van der Waals surface area contributed by atoms with Crippen molar-refractivity contribution < 1.29 is 14.6 Å². The van der Waals surface area contributed by atoms with Crippen molar-refractivity contribution in [3.05, 3.63) is 21.9 Å². The van der Waals surface area contributed by atoms with Crippen molar-refractivity contribution in [3.63, 3.8) is 0 Å². The molecule has 0 aliphatic carbocycles. The molecule has 0 fully saturated rings. The molecule has 3 nitrogen and oxygen atoms in total. The second kappa shape index (κ2) is 4.23. The van der Waals surface area contributed by atoms with Gasteiger partial charge in [0.1, 0.15) is 0 Å². The van der Waals surface area contributed by atoms with E-state index < -0.39 is 0 Å². The Morgan fingerprint density at radius 1 is 1.67 bits per heavy atom. The topological polar surface area (TPSA) is 46.5 Å². The first-order chi connectivity index (χ1) is 5.79. The Kier molecular flexibility index (Phi) is 3.25. The lowest BCUT2D eigenvalue weighted by Gasteiger charge is -2.00. The molecule has 0 spiro atoms. The normalized spacial score (nSPS) is 9.83. The first kappa shape index (κ1) is 9.22. The number of aliphatic hydroxyl groups excluding tert-OH is 1. The fourth-order valence-corrected chi connectivity index (χ4v) is 1.65. The molecule has 1 aromatic heterocycles. The van der Waals surface area contributed by atoms with Crippen molar-refractivity contribution >= 4 is 17.3 Å². The molecule has 0 unspecified atom stereocenters. The van der Waals surface area contributed by atoms with Crippen molar-refractivity contribution in [1.29, 1.82) is 0 Å². The Hall–Kier alpha value is -0.870. The van der Waals surface area contributed by atoms with Gasteiger partial charge in [0.15, 0.2) is 0 Å². The highest BCUT2D eigenvalue weighted by Crippen LogP contribution is 2.15. The quantitative estimate of drug-likeness (QED) is 0.726. The summed E-state index contributed by atoms with van der Waals surface area (Å²) in [5, 5.41) is 12.2. The molecular weight excluding hydrogens is 176 g/mol. The Morgan fingerprint density at radius 2 is 2.42 bits per heavy atom. The molecule has 0 radical (unpaired) electrons. The average Bonchev–Trinajstić information content (AvgIpc) is 2.51. The highest BCUT2D eigenvalue weighted by molar-refractivity contribution is 7.08. The zero-order valence-electron chi connectivity index (χ0n) is 6.74. The molecule has 0 aliphatic heterocycles. The number of thiophene rings is 1. The maximum Gasteiger partial charge on any atom is 0.339 e. The highest BCUT2D eigenvalue weighted by atomic mass is 32.1. The van der Waals surface area contributed by atoms with Crippen LogP contribution >= 0.6 is 11.3 Å². The van der Waals surface area contributed by atoms with E-state index in [0.29, 0.717) is 17.7 Å². The van der Waals surface area contributed by atoms with Gasteiger partial charge in [0.2, 0.25) is 0 Å². The number of carbonyl (C=O) groups is 1. The predicted molar refractivity (Wildman–Crippen MR) is 46.2 cm³/mol. The van der Waals surface area contributed by atoms with Crippen molar-refractivity contribution in [2.24, 2.45) is 0 Å². The molecule has 0 aliphatic rings. The van der Waals surface area contributed by atoms with Gasteiger partial charge >= 0.3 is 5.97 Å². The minimum atomic E-state index is -0.359. The summed E-state index contributed by atoms with van der Waals surface area (Å²) in [6.45, 7) is 2.00. The van der Waals surface area contributed by atoms with E-state index in [2.05, 4.69) is 0 Å². The SMILES string of the molecule is CCOC(=O)c1cscc1CO. The number of carbonyl (C=O) groups excluding carboxylic acids is 1. The lowest BCUT2D eigenvalue weighted by molar-refractivity contribution is 0.0523. The molecule has 0 saturated carbocycles. The van der Waals surface area contributed by atoms with Crippen LogP contribution in [-0.4, -0.2) is 17.7 Å². The summed E-state index contributed by atoms with van der Waals surface area (Å²) in [5.41, 5.74) is 1.11. The van der Waals surface area contributed by atoms with E-state index in [1.54, 1.807) is 17.7 Å². The summed E-state index contributed by atoms with van der Waals surface area (Å²) in [6.07, 6.45) is 0. The van der Waals surface area contributed by atoms with Crippen LogP contribution in [0.1, 0.15) is 22.8 Å². The van der Waals surface area contributed by atoms with Gasteiger partial charge in [-0.3, -0.25) is 0 Å². The van der Waals surface area contributed by atoms with Crippen molar-refractivity contribution in [2.45, 2.75) is 13.5 Å².